The second-order valence-corrected chi connectivity index (χ2v) is 11.5. The third kappa shape index (κ3) is 8.29. The molecule has 2 aliphatic rings. The van der Waals surface area contributed by atoms with E-state index in [1.54, 1.807) is 6.07 Å². The molecule has 220 valence electrons. The van der Waals surface area contributed by atoms with Gasteiger partial charge < -0.3 is 29.7 Å². The van der Waals surface area contributed by atoms with Crippen LogP contribution < -0.4 is 15.4 Å². The lowest BCUT2D eigenvalue weighted by atomic mass is 9.89. The molecule has 0 aliphatic carbocycles. The number of fused-ring (bicyclic) bond motifs is 4. The van der Waals surface area contributed by atoms with Crippen molar-refractivity contribution in [3.05, 3.63) is 52.9 Å². The van der Waals surface area contributed by atoms with Crippen LogP contribution in [0.25, 0.3) is 10.1 Å². The topological polar surface area (TPSA) is 55.0 Å². The third-order valence-corrected chi connectivity index (χ3v) is 8.59. The standard InChI is InChI=1S/C31H36F3N3O3S/c1-37-13-10-27-22(21-37)11-14-38-15-16-39-17-18-40-24-6-2-5-23(19-24)35-12-4-9-29-26(20-31(32,33)34)25-7-3-8-28(36-27)30(25)41-29/h2-3,5-8,19,22,27,35-36H,10-18,20-21H2,1H3/t22-,27-/m1/s1. The van der Waals surface area contributed by atoms with Gasteiger partial charge in [0.1, 0.15) is 12.4 Å². The van der Waals surface area contributed by atoms with E-state index < -0.39 is 12.6 Å². The number of anilines is 2. The van der Waals surface area contributed by atoms with Crippen LogP contribution in [0.3, 0.4) is 0 Å². The first-order valence-corrected chi connectivity index (χ1v) is 14.8. The van der Waals surface area contributed by atoms with Gasteiger partial charge in [0.25, 0.3) is 0 Å². The number of hydrogen-bond acceptors (Lipinski definition) is 7. The second-order valence-electron chi connectivity index (χ2n) is 10.5. The second kappa shape index (κ2) is 13.8. The highest BCUT2D eigenvalue weighted by atomic mass is 32.1. The van der Waals surface area contributed by atoms with Crippen molar-refractivity contribution in [3.63, 3.8) is 0 Å². The van der Waals surface area contributed by atoms with Gasteiger partial charge in [0.15, 0.2) is 0 Å². The molecular formula is C31H36F3N3O3S. The smallest absolute Gasteiger partial charge is 0.393 e. The number of alkyl halides is 3. The largest absolute Gasteiger partial charge is 0.491 e. The zero-order valence-electron chi connectivity index (χ0n) is 23.2. The molecule has 2 aliphatic heterocycles. The zero-order valence-corrected chi connectivity index (χ0v) is 24.0. The van der Waals surface area contributed by atoms with Crippen molar-refractivity contribution < 1.29 is 27.4 Å². The first-order chi connectivity index (χ1) is 19.9. The summed E-state index contributed by atoms with van der Waals surface area (Å²) in [6.45, 7) is 4.68. The molecule has 3 heterocycles. The van der Waals surface area contributed by atoms with Crippen LogP contribution >= 0.6 is 11.3 Å². The highest BCUT2D eigenvalue weighted by Crippen LogP contribution is 2.40. The Kier molecular flexibility index (Phi) is 9.93. The van der Waals surface area contributed by atoms with E-state index in [1.165, 1.54) is 11.3 Å². The molecule has 0 unspecified atom stereocenters. The summed E-state index contributed by atoms with van der Waals surface area (Å²) >= 11 is 1.34. The average Bonchev–Trinajstić information content (AvgIpc) is 3.28. The number of halogens is 3. The SMILES string of the molecule is CN1CC[C@H]2Nc3cccc4c(CC(F)(F)F)c(sc34)C#CCNc3cccc(c3)OCCOCCOCC[C@@H]2C1. The third-order valence-electron chi connectivity index (χ3n) is 7.39. The molecular weight excluding hydrogens is 551 g/mol. The fourth-order valence-corrected chi connectivity index (χ4v) is 6.57. The lowest BCUT2D eigenvalue weighted by Crippen LogP contribution is -2.45. The Morgan fingerprint density at radius 1 is 1.02 bits per heavy atom. The minimum absolute atomic E-state index is 0.192. The number of benzene rings is 2. The summed E-state index contributed by atoms with van der Waals surface area (Å²) in [6, 6.07) is 13.3. The fraction of sp³-hybridized carbons (Fsp3) is 0.484. The van der Waals surface area contributed by atoms with Gasteiger partial charge in [-0.15, -0.1) is 11.3 Å². The molecule has 5 rings (SSSR count). The number of nitrogens with zero attached hydrogens (tertiary/aromatic N) is 1. The van der Waals surface area contributed by atoms with E-state index >= 15 is 0 Å². The maximum Gasteiger partial charge on any atom is 0.393 e. The summed E-state index contributed by atoms with van der Waals surface area (Å²) in [5.74, 6) is 7.12. The van der Waals surface area contributed by atoms with E-state index in [0.29, 0.717) is 55.0 Å². The van der Waals surface area contributed by atoms with Crippen LogP contribution in [-0.2, 0) is 15.9 Å². The van der Waals surface area contributed by atoms with Crippen LogP contribution in [0.1, 0.15) is 23.3 Å². The van der Waals surface area contributed by atoms with Crippen LogP contribution in [-0.4, -0.2) is 76.8 Å². The maximum absolute atomic E-state index is 13.7. The fourth-order valence-electron chi connectivity index (χ4n) is 5.40. The Balaban J connectivity index is 1.45. The van der Waals surface area contributed by atoms with E-state index in [1.807, 2.05) is 36.4 Å². The highest BCUT2D eigenvalue weighted by Gasteiger charge is 2.32. The van der Waals surface area contributed by atoms with Crippen molar-refractivity contribution in [1.82, 2.24) is 4.90 Å². The van der Waals surface area contributed by atoms with Gasteiger partial charge in [-0.25, -0.2) is 0 Å². The monoisotopic (exact) mass is 587 g/mol. The van der Waals surface area contributed by atoms with Crippen molar-refractivity contribution in [2.24, 2.45) is 5.92 Å². The van der Waals surface area contributed by atoms with E-state index in [2.05, 4.69) is 34.4 Å². The van der Waals surface area contributed by atoms with Gasteiger partial charge in [-0.05, 0) is 61.5 Å². The summed E-state index contributed by atoms with van der Waals surface area (Å²) in [5, 5.41) is 7.54. The van der Waals surface area contributed by atoms with Gasteiger partial charge in [0.05, 0.1) is 48.1 Å². The molecule has 0 amide bonds. The number of nitrogens with one attached hydrogen (secondary N) is 2. The van der Waals surface area contributed by atoms with Crippen molar-refractivity contribution >= 4 is 32.8 Å². The number of likely N-dealkylation sites (tertiary alicyclic amines) is 1. The van der Waals surface area contributed by atoms with Gasteiger partial charge in [0, 0.05) is 30.9 Å². The molecule has 2 aromatic carbocycles. The predicted molar refractivity (Wildman–Crippen MR) is 158 cm³/mol. The molecule has 1 aromatic heterocycles. The lowest BCUT2D eigenvalue weighted by molar-refractivity contribution is -0.126. The summed E-state index contributed by atoms with van der Waals surface area (Å²) in [5.41, 5.74) is 1.93. The number of rotatable bonds is 1. The van der Waals surface area contributed by atoms with Crippen LogP contribution in [0.15, 0.2) is 42.5 Å². The molecule has 3 aromatic rings. The Labute approximate surface area is 243 Å². The number of hydrogen-bond donors (Lipinski definition) is 2. The highest BCUT2D eigenvalue weighted by molar-refractivity contribution is 7.20. The van der Waals surface area contributed by atoms with Crippen LogP contribution in [0.2, 0.25) is 0 Å². The molecule has 6 nitrogen and oxygen atoms in total. The van der Waals surface area contributed by atoms with Crippen molar-refractivity contribution in [1.29, 1.82) is 0 Å². The van der Waals surface area contributed by atoms with Crippen LogP contribution in [0.5, 0.6) is 5.75 Å². The average molecular weight is 588 g/mol. The zero-order chi connectivity index (χ0) is 28.7. The molecule has 1 saturated heterocycles. The normalized spacial score (nSPS) is 21.6. The molecule has 0 radical (unpaired) electrons. The Morgan fingerprint density at radius 2 is 1.83 bits per heavy atom. The van der Waals surface area contributed by atoms with Crippen LogP contribution in [0, 0.1) is 17.8 Å². The minimum Gasteiger partial charge on any atom is -0.491 e. The first kappa shape index (κ1) is 29.5. The van der Waals surface area contributed by atoms with Crippen molar-refractivity contribution in [2.75, 3.05) is 70.3 Å². The van der Waals surface area contributed by atoms with Crippen molar-refractivity contribution in [2.45, 2.75) is 31.5 Å². The van der Waals surface area contributed by atoms with E-state index in [9.17, 15) is 13.2 Å². The van der Waals surface area contributed by atoms with E-state index in [4.69, 9.17) is 14.2 Å². The molecule has 4 bridgehead atoms. The van der Waals surface area contributed by atoms with Gasteiger partial charge in [-0.2, -0.15) is 13.2 Å². The Bertz CT molecular complexity index is 1370. The molecule has 0 saturated carbocycles. The van der Waals surface area contributed by atoms with Gasteiger partial charge in [-0.3, -0.25) is 0 Å². The summed E-state index contributed by atoms with van der Waals surface area (Å²) < 4.78 is 59.2. The molecule has 0 spiro atoms. The van der Waals surface area contributed by atoms with Crippen LogP contribution in [0.4, 0.5) is 24.5 Å². The summed E-state index contributed by atoms with van der Waals surface area (Å²) in [4.78, 5) is 2.78. The number of ether oxygens (including phenoxy) is 3. The molecule has 41 heavy (non-hydrogen) atoms. The first-order valence-electron chi connectivity index (χ1n) is 14.0. The van der Waals surface area contributed by atoms with Gasteiger partial charge in [0.2, 0.25) is 0 Å². The maximum atomic E-state index is 13.7. The molecule has 1 fully saturated rings. The summed E-state index contributed by atoms with van der Waals surface area (Å²) in [7, 11) is 2.12. The number of thiophene rings is 1. The molecule has 2 atom stereocenters. The van der Waals surface area contributed by atoms with Crippen molar-refractivity contribution in [3.8, 4) is 17.6 Å². The van der Waals surface area contributed by atoms with E-state index in [-0.39, 0.29) is 18.2 Å². The Hall–Kier alpha value is -2.97. The molecule has 10 heteroatoms. The summed E-state index contributed by atoms with van der Waals surface area (Å²) in [6.07, 6.45) is -3.52. The predicted octanol–water partition coefficient (Wildman–Crippen LogP) is 6.02. The lowest BCUT2D eigenvalue weighted by Gasteiger charge is -2.38. The molecule has 2 N–H and O–H groups in total. The quantitative estimate of drug-likeness (QED) is 0.340. The van der Waals surface area contributed by atoms with Gasteiger partial charge >= 0.3 is 6.18 Å². The minimum atomic E-state index is -4.33. The Morgan fingerprint density at radius 3 is 2.68 bits per heavy atom. The number of piperidine rings is 1. The van der Waals surface area contributed by atoms with Gasteiger partial charge in [-0.1, -0.05) is 30.0 Å². The van der Waals surface area contributed by atoms with E-state index in [0.717, 1.165) is 42.0 Å².